The van der Waals surface area contributed by atoms with Crippen LogP contribution < -0.4 is 4.90 Å². The lowest BCUT2D eigenvalue weighted by Crippen LogP contribution is -2.48. The van der Waals surface area contributed by atoms with Gasteiger partial charge in [-0.3, -0.25) is 9.89 Å². The number of hydrogen-bond acceptors (Lipinski definition) is 4. The highest BCUT2D eigenvalue weighted by molar-refractivity contribution is 5.99. The van der Waals surface area contributed by atoms with Crippen LogP contribution in [0.25, 0.3) is 11.3 Å². The highest BCUT2D eigenvalue weighted by Crippen LogP contribution is 2.38. The first kappa shape index (κ1) is 20.3. The van der Waals surface area contributed by atoms with Crippen LogP contribution in [0.3, 0.4) is 0 Å². The van der Waals surface area contributed by atoms with Gasteiger partial charge in [0.25, 0.3) is 5.91 Å². The SMILES string of the molecule is Cc1cc(N2CCC2)c(-c2n[nH]c(C)c2C)cc1C(=O)N1CC(c2ccc(C#N)cc2)C1. The van der Waals surface area contributed by atoms with E-state index in [1.54, 1.807) is 0 Å². The minimum absolute atomic E-state index is 0.0775. The summed E-state index contributed by atoms with van der Waals surface area (Å²) in [5.41, 5.74) is 8.91. The van der Waals surface area contributed by atoms with Crippen molar-refractivity contribution >= 4 is 11.6 Å². The molecule has 2 aliphatic rings. The number of benzene rings is 2. The van der Waals surface area contributed by atoms with E-state index in [-0.39, 0.29) is 5.91 Å². The number of carbonyl (C=O) groups excluding carboxylic acids is 1. The third-order valence-electron chi connectivity index (χ3n) is 6.96. The van der Waals surface area contributed by atoms with Crippen molar-refractivity contribution < 1.29 is 4.79 Å². The third kappa shape index (κ3) is 3.34. The minimum atomic E-state index is 0.0775. The Bertz CT molecular complexity index is 1220. The highest BCUT2D eigenvalue weighted by Gasteiger charge is 2.33. The molecule has 0 spiro atoms. The summed E-state index contributed by atoms with van der Waals surface area (Å²) in [4.78, 5) is 17.7. The number of nitrogens with one attached hydrogen (secondary N) is 1. The molecule has 0 atom stereocenters. The number of nitrogens with zero attached hydrogens (tertiary/aromatic N) is 4. The minimum Gasteiger partial charge on any atom is -0.371 e. The number of aromatic amines is 1. The Labute approximate surface area is 188 Å². The summed E-state index contributed by atoms with van der Waals surface area (Å²) in [5, 5.41) is 16.6. The maximum Gasteiger partial charge on any atom is 0.254 e. The quantitative estimate of drug-likeness (QED) is 0.675. The van der Waals surface area contributed by atoms with Crippen LogP contribution in [0.15, 0.2) is 36.4 Å². The maximum atomic E-state index is 13.4. The number of hydrogen-bond donors (Lipinski definition) is 1. The van der Waals surface area contributed by atoms with E-state index in [1.807, 2.05) is 49.1 Å². The smallest absolute Gasteiger partial charge is 0.254 e. The number of carbonyl (C=O) groups is 1. The van der Waals surface area contributed by atoms with Crippen molar-refractivity contribution in [1.29, 1.82) is 5.26 Å². The Balaban J connectivity index is 1.42. The van der Waals surface area contributed by atoms with Crippen molar-refractivity contribution in [1.82, 2.24) is 15.1 Å². The van der Waals surface area contributed by atoms with Gasteiger partial charge < -0.3 is 9.80 Å². The molecule has 0 bridgehead atoms. The van der Waals surface area contributed by atoms with Crippen molar-refractivity contribution in [3.8, 4) is 17.3 Å². The van der Waals surface area contributed by atoms with E-state index < -0.39 is 0 Å². The second-order valence-electron chi connectivity index (χ2n) is 8.99. The van der Waals surface area contributed by atoms with Gasteiger partial charge in [0.15, 0.2) is 0 Å². The van der Waals surface area contributed by atoms with Crippen LogP contribution in [-0.2, 0) is 0 Å². The van der Waals surface area contributed by atoms with E-state index >= 15 is 0 Å². The molecular formula is C26H27N5O. The second kappa shape index (κ2) is 7.83. The van der Waals surface area contributed by atoms with Crippen molar-refractivity contribution in [3.63, 3.8) is 0 Å². The molecule has 5 rings (SSSR count). The number of amides is 1. The maximum absolute atomic E-state index is 13.4. The number of nitriles is 1. The van der Waals surface area contributed by atoms with E-state index in [1.165, 1.54) is 17.7 Å². The first-order valence-electron chi connectivity index (χ1n) is 11.2. The largest absolute Gasteiger partial charge is 0.371 e. The normalized spacial score (nSPS) is 15.8. The zero-order valence-corrected chi connectivity index (χ0v) is 18.8. The zero-order chi connectivity index (χ0) is 22.4. The molecule has 32 heavy (non-hydrogen) atoms. The molecule has 1 amide bonds. The summed E-state index contributed by atoms with van der Waals surface area (Å²) < 4.78 is 0. The molecule has 1 N–H and O–H groups in total. The average molecular weight is 426 g/mol. The van der Waals surface area contributed by atoms with Gasteiger partial charge in [-0.2, -0.15) is 10.4 Å². The molecule has 6 nitrogen and oxygen atoms in total. The summed E-state index contributed by atoms with van der Waals surface area (Å²) in [5.74, 6) is 0.400. The Morgan fingerprint density at radius 3 is 2.41 bits per heavy atom. The summed E-state index contributed by atoms with van der Waals surface area (Å²) in [7, 11) is 0. The number of aryl methyl sites for hydroxylation is 2. The van der Waals surface area contributed by atoms with E-state index in [9.17, 15) is 4.79 Å². The van der Waals surface area contributed by atoms with E-state index in [0.717, 1.165) is 46.7 Å². The van der Waals surface area contributed by atoms with Crippen LogP contribution in [0.1, 0.15) is 50.6 Å². The molecule has 162 valence electrons. The average Bonchev–Trinajstić information content (AvgIpc) is 3.05. The van der Waals surface area contributed by atoms with E-state index in [4.69, 9.17) is 5.26 Å². The molecule has 2 saturated heterocycles. The fourth-order valence-corrected chi connectivity index (χ4v) is 4.53. The van der Waals surface area contributed by atoms with Crippen LogP contribution >= 0.6 is 0 Å². The molecule has 0 aliphatic carbocycles. The van der Waals surface area contributed by atoms with E-state index in [0.29, 0.717) is 24.6 Å². The van der Waals surface area contributed by atoms with Crippen LogP contribution in [0, 0.1) is 32.1 Å². The summed E-state index contributed by atoms with van der Waals surface area (Å²) in [6.07, 6.45) is 1.20. The summed E-state index contributed by atoms with van der Waals surface area (Å²) >= 11 is 0. The van der Waals surface area contributed by atoms with Crippen molar-refractivity contribution in [2.45, 2.75) is 33.1 Å². The van der Waals surface area contributed by atoms with Crippen LogP contribution in [0.5, 0.6) is 0 Å². The van der Waals surface area contributed by atoms with E-state index in [2.05, 4.69) is 34.2 Å². The molecule has 3 heterocycles. The third-order valence-corrected chi connectivity index (χ3v) is 6.96. The number of H-pyrrole nitrogens is 1. The van der Waals surface area contributed by atoms with Crippen molar-refractivity contribution in [3.05, 3.63) is 69.9 Å². The summed E-state index contributed by atoms with van der Waals surface area (Å²) in [6, 6.07) is 14.0. The summed E-state index contributed by atoms with van der Waals surface area (Å²) in [6.45, 7) is 9.62. The lowest BCUT2D eigenvalue weighted by atomic mass is 9.89. The van der Waals surface area contributed by atoms with Gasteiger partial charge in [-0.25, -0.2) is 0 Å². The lowest BCUT2D eigenvalue weighted by molar-refractivity contribution is 0.0601. The van der Waals surface area contributed by atoms with Gasteiger partial charge >= 0.3 is 0 Å². The molecule has 0 unspecified atom stereocenters. The van der Waals surface area contributed by atoms with Gasteiger partial charge in [0, 0.05) is 54.6 Å². The first-order chi connectivity index (χ1) is 15.5. The molecule has 0 saturated carbocycles. The van der Waals surface area contributed by atoms with Gasteiger partial charge in [0.2, 0.25) is 0 Å². The fraction of sp³-hybridized carbons (Fsp3) is 0.346. The standard InChI is InChI=1S/C26H27N5O/c1-16-11-24(30-9-4-10-30)23(25-17(2)18(3)28-29-25)12-22(16)26(32)31-14-21(15-31)20-7-5-19(13-27)6-8-20/h5-8,11-12,21H,4,9-10,14-15H2,1-3H3,(H,28,29). The molecule has 2 fully saturated rings. The predicted molar refractivity (Wildman–Crippen MR) is 125 cm³/mol. The molecule has 6 heteroatoms. The Morgan fingerprint density at radius 1 is 1.12 bits per heavy atom. The monoisotopic (exact) mass is 425 g/mol. The number of rotatable bonds is 4. The lowest BCUT2D eigenvalue weighted by Gasteiger charge is -2.40. The number of aromatic nitrogens is 2. The van der Waals surface area contributed by atoms with Gasteiger partial charge in [-0.05, 0) is 68.1 Å². The Kier molecular flexibility index (Phi) is 4.97. The van der Waals surface area contributed by atoms with Crippen LogP contribution in [-0.4, -0.2) is 47.2 Å². The highest BCUT2D eigenvalue weighted by atomic mass is 16.2. The first-order valence-corrected chi connectivity index (χ1v) is 11.2. The molecule has 0 radical (unpaired) electrons. The molecule has 1 aromatic heterocycles. The van der Waals surface area contributed by atoms with Gasteiger partial charge in [-0.1, -0.05) is 12.1 Å². The van der Waals surface area contributed by atoms with Crippen molar-refractivity contribution in [2.24, 2.45) is 0 Å². The Hall–Kier alpha value is -3.59. The van der Waals surface area contributed by atoms with Crippen LogP contribution in [0.2, 0.25) is 0 Å². The van der Waals surface area contributed by atoms with Gasteiger partial charge in [0.1, 0.15) is 0 Å². The molecule has 2 aliphatic heterocycles. The molecular weight excluding hydrogens is 398 g/mol. The second-order valence-corrected chi connectivity index (χ2v) is 8.99. The van der Waals surface area contributed by atoms with Gasteiger partial charge in [-0.15, -0.1) is 0 Å². The zero-order valence-electron chi connectivity index (χ0n) is 18.8. The molecule has 2 aromatic carbocycles. The Morgan fingerprint density at radius 2 is 1.84 bits per heavy atom. The predicted octanol–water partition coefficient (Wildman–Crippen LogP) is 4.32. The van der Waals surface area contributed by atoms with Crippen LogP contribution in [0.4, 0.5) is 5.69 Å². The number of likely N-dealkylation sites (tertiary alicyclic amines) is 1. The molecule has 3 aromatic rings. The van der Waals surface area contributed by atoms with Gasteiger partial charge in [0.05, 0.1) is 17.3 Å². The topological polar surface area (TPSA) is 76.0 Å². The van der Waals surface area contributed by atoms with Crippen molar-refractivity contribution in [2.75, 3.05) is 31.1 Å². The fourth-order valence-electron chi connectivity index (χ4n) is 4.53. The number of anilines is 1.